The number of hydrazine groups is 1. The third-order valence-electron chi connectivity index (χ3n) is 13.9. The van der Waals surface area contributed by atoms with Crippen LogP contribution in [0, 0.1) is 0 Å². The molecule has 0 aliphatic carbocycles. The Morgan fingerprint density at radius 1 is 0.836 bits per heavy atom. The molecule has 19 heteroatoms. The molecule has 2 saturated heterocycles. The Morgan fingerprint density at radius 3 is 2.33 bits per heavy atom. The van der Waals surface area contributed by atoms with Gasteiger partial charge in [0, 0.05) is 69.9 Å². The number of nitrogens with zero attached hydrogens (tertiary/aromatic N) is 5. The van der Waals surface area contributed by atoms with Gasteiger partial charge in [0.05, 0.1) is 70.1 Å². The standard InChI is InChI=1S/C54H60Cl3N7O8S/c1-3-4-19-62(33-37-15-18-45(55)46(56)30-37)54(67)51-50(57)36(2)58-64(51)41-12-7-11-39(31-41)53(66)63-34-40-9-5-6-13-43(40)49(47(63)35-61-22-27-71-28-23-61)52(65)59-73(68,69)42-17-16-38-10-8-14-48(44(38)32-42)72-29-24-60-20-25-70-26-21-60/h5-18,30-32,36,47,49,58H,3-4,19-29,33-35H2,1-2H3,(H,59,65). The van der Waals surface area contributed by atoms with Gasteiger partial charge in [-0.05, 0) is 84.0 Å². The number of ether oxygens (including phenoxy) is 3. The molecule has 15 nitrogen and oxygen atoms in total. The minimum Gasteiger partial charge on any atom is -0.492 e. The van der Waals surface area contributed by atoms with Crippen LogP contribution in [0.3, 0.4) is 0 Å². The number of unbranched alkanes of at least 4 members (excludes halogenated alkanes) is 1. The maximum absolute atomic E-state index is 15.3. The van der Waals surface area contributed by atoms with Crippen molar-refractivity contribution < 1.29 is 37.0 Å². The van der Waals surface area contributed by atoms with Crippen molar-refractivity contribution in [1.29, 1.82) is 0 Å². The topological polar surface area (TPSA) is 153 Å². The summed E-state index contributed by atoms with van der Waals surface area (Å²) in [5, 5.41) is 4.12. The Kier molecular flexibility index (Phi) is 16.9. The van der Waals surface area contributed by atoms with Crippen molar-refractivity contribution in [1.82, 2.24) is 29.7 Å². The number of sulfonamides is 1. The molecule has 73 heavy (non-hydrogen) atoms. The number of amides is 3. The van der Waals surface area contributed by atoms with Gasteiger partial charge in [0.15, 0.2) is 0 Å². The summed E-state index contributed by atoms with van der Waals surface area (Å²) in [5.41, 5.74) is 6.48. The second-order valence-corrected chi connectivity index (χ2v) is 21.7. The van der Waals surface area contributed by atoms with E-state index in [2.05, 4.69) is 26.9 Å². The summed E-state index contributed by atoms with van der Waals surface area (Å²) >= 11 is 19.6. The summed E-state index contributed by atoms with van der Waals surface area (Å²) in [4.78, 5) is 52.7. The molecule has 0 spiro atoms. The molecular formula is C54H60Cl3N7O8S. The maximum Gasteiger partial charge on any atom is 0.273 e. The highest BCUT2D eigenvalue weighted by Gasteiger charge is 2.44. The summed E-state index contributed by atoms with van der Waals surface area (Å²) < 4.78 is 48.7. The summed E-state index contributed by atoms with van der Waals surface area (Å²) in [5.74, 6) is -2.02. The van der Waals surface area contributed by atoms with Crippen LogP contribution < -0.4 is 19.9 Å². The second-order valence-electron chi connectivity index (χ2n) is 18.8. The Hall–Kier alpha value is -5.27. The number of halogens is 3. The number of anilines is 1. The summed E-state index contributed by atoms with van der Waals surface area (Å²) in [7, 11) is -4.46. The number of rotatable bonds is 17. The van der Waals surface area contributed by atoms with E-state index >= 15 is 4.79 Å². The van der Waals surface area contributed by atoms with E-state index in [0.29, 0.717) is 102 Å². The van der Waals surface area contributed by atoms with Crippen LogP contribution in [-0.2, 0) is 42.2 Å². The largest absolute Gasteiger partial charge is 0.492 e. The Bertz CT molecular complexity index is 2990. The van der Waals surface area contributed by atoms with Gasteiger partial charge in [-0.3, -0.25) is 29.2 Å². The molecule has 0 saturated carbocycles. The van der Waals surface area contributed by atoms with Gasteiger partial charge in [0.25, 0.3) is 21.8 Å². The number of hydrogen-bond acceptors (Lipinski definition) is 12. The van der Waals surface area contributed by atoms with E-state index in [1.165, 1.54) is 12.1 Å². The smallest absolute Gasteiger partial charge is 0.273 e. The summed E-state index contributed by atoms with van der Waals surface area (Å²) in [6, 6.07) is 28.6. The van der Waals surface area contributed by atoms with Gasteiger partial charge < -0.3 is 24.0 Å². The molecule has 2 fully saturated rings. The molecule has 3 unspecified atom stereocenters. The van der Waals surface area contributed by atoms with Crippen molar-refractivity contribution in [3.8, 4) is 5.75 Å². The monoisotopic (exact) mass is 1070 g/mol. The highest BCUT2D eigenvalue weighted by Crippen LogP contribution is 2.38. The highest BCUT2D eigenvalue weighted by molar-refractivity contribution is 7.90. The average molecular weight is 1070 g/mol. The number of carbonyl (C=O) groups excluding carboxylic acids is 3. The molecule has 3 amide bonds. The lowest BCUT2D eigenvalue weighted by Crippen LogP contribution is -2.57. The predicted octanol–water partition coefficient (Wildman–Crippen LogP) is 7.80. The van der Waals surface area contributed by atoms with Crippen LogP contribution in [0.1, 0.15) is 59.7 Å². The lowest BCUT2D eigenvalue weighted by Gasteiger charge is -2.44. The van der Waals surface area contributed by atoms with Crippen LogP contribution in [0.5, 0.6) is 5.75 Å². The lowest BCUT2D eigenvalue weighted by atomic mass is 9.82. The lowest BCUT2D eigenvalue weighted by molar-refractivity contribution is -0.128. The van der Waals surface area contributed by atoms with Gasteiger partial charge in [-0.2, -0.15) is 0 Å². The highest BCUT2D eigenvalue weighted by atomic mass is 35.5. The number of nitrogens with one attached hydrogen (secondary N) is 2. The number of morpholine rings is 2. The Balaban J connectivity index is 1.00. The Labute approximate surface area is 441 Å². The Morgan fingerprint density at radius 2 is 1.58 bits per heavy atom. The predicted molar refractivity (Wildman–Crippen MR) is 283 cm³/mol. The van der Waals surface area contributed by atoms with E-state index in [1.807, 2.05) is 55.5 Å². The molecular weight excluding hydrogens is 1010 g/mol. The zero-order valence-electron chi connectivity index (χ0n) is 40.9. The first-order chi connectivity index (χ1) is 35.3. The minimum atomic E-state index is -4.46. The van der Waals surface area contributed by atoms with Crippen molar-refractivity contribution in [3.63, 3.8) is 0 Å². The number of fused-ring (bicyclic) bond motifs is 2. The molecule has 5 aromatic rings. The van der Waals surface area contributed by atoms with Crippen molar-refractivity contribution in [3.05, 3.63) is 146 Å². The van der Waals surface area contributed by atoms with Gasteiger partial charge in [-0.15, -0.1) is 0 Å². The first kappa shape index (κ1) is 52.6. The van der Waals surface area contributed by atoms with E-state index in [0.717, 1.165) is 36.9 Å². The van der Waals surface area contributed by atoms with Crippen molar-refractivity contribution >= 4 is 79.0 Å². The summed E-state index contributed by atoms with van der Waals surface area (Å²) in [6.07, 6.45) is 1.60. The molecule has 9 rings (SSSR count). The quantitative estimate of drug-likeness (QED) is 0.0935. The zero-order chi connectivity index (χ0) is 51.2. The fourth-order valence-electron chi connectivity index (χ4n) is 9.92. The van der Waals surface area contributed by atoms with Gasteiger partial charge in [0.2, 0.25) is 5.91 Å². The number of benzene rings is 5. The first-order valence-electron chi connectivity index (χ1n) is 24.8. The molecule has 3 atom stereocenters. The van der Waals surface area contributed by atoms with Crippen molar-refractivity contribution in [2.24, 2.45) is 0 Å². The molecule has 386 valence electrons. The number of carbonyl (C=O) groups is 3. The fraction of sp³-hybridized carbons (Fsp3) is 0.389. The molecule has 4 aliphatic rings. The van der Waals surface area contributed by atoms with E-state index in [1.54, 1.807) is 57.3 Å². The SMILES string of the molecule is CCCCN(Cc1ccc(Cl)c(Cl)c1)C(=O)C1=C(Cl)C(C)NN1c1cccc(C(=O)N2Cc3ccccc3C(C(=O)NS(=O)(=O)c3ccc4cccc(OCCN5CCOCC5)c4c3)C2CN2CCOCC2)c1. The fourth-order valence-corrected chi connectivity index (χ4v) is 11.5. The second kappa shape index (κ2) is 23.5. The van der Waals surface area contributed by atoms with Crippen molar-refractivity contribution in [2.45, 2.75) is 62.7 Å². The van der Waals surface area contributed by atoms with Crippen LogP contribution in [-0.4, -0.2) is 137 Å². The molecule has 0 radical (unpaired) electrons. The van der Waals surface area contributed by atoms with E-state index < -0.39 is 33.9 Å². The van der Waals surface area contributed by atoms with Gasteiger partial charge in [0.1, 0.15) is 18.1 Å². The third kappa shape index (κ3) is 12.0. The molecule has 4 heterocycles. The number of hydrogen-bond donors (Lipinski definition) is 2. The average Bonchev–Trinajstić information content (AvgIpc) is 3.70. The van der Waals surface area contributed by atoms with E-state index in [4.69, 9.17) is 49.0 Å². The third-order valence-corrected chi connectivity index (χ3v) is 16.5. The minimum absolute atomic E-state index is 0.101. The zero-order valence-corrected chi connectivity index (χ0v) is 44.0. The molecule has 4 aliphatic heterocycles. The van der Waals surface area contributed by atoms with Gasteiger partial charge in [-0.1, -0.05) is 103 Å². The molecule has 0 aromatic heterocycles. The van der Waals surface area contributed by atoms with Crippen LogP contribution in [0.15, 0.2) is 119 Å². The normalized spacial score (nSPS) is 19.8. The van der Waals surface area contributed by atoms with Gasteiger partial charge >= 0.3 is 0 Å². The van der Waals surface area contributed by atoms with Crippen LogP contribution in [0.4, 0.5) is 5.69 Å². The van der Waals surface area contributed by atoms with Gasteiger partial charge in [-0.25, -0.2) is 18.6 Å². The first-order valence-corrected chi connectivity index (χ1v) is 27.4. The summed E-state index contributed by atoms with van der Waals surface area (Å²) in [6.45, 7) is 11.1. The van der Waals surface area contributed by atoms with E-state index in [-0.39, 0.29) is 47.6 Å². The molecule has 2 N–H and O–H groups in total. The maximum atomic E-state index is 15.3. The molecule has 0 bridgehead atoms. The van der Waals surface area contributed by atoms with E-state index in [9.17, 15) is 18.0 Å². The van der Waals surface area contributed by atoms with Crippen LogP contribution >= 0.6 is 34.8 Å². The van der Waals surface area contributed by atoms with Crippen LogP contribution in [0.2, 0.25) is 10.0 Å². The van der Waals surface area contributed by atoms with Crippen molar-refractivity contribution in [2.75, 3.05) is 83.9 Å². The molecule has 5 aromatic carbocycles. The van der Waals surface area contributed by atoms with Crippen LogP contribution in [0.25, 0.3) is 10.8 Å².